The van der Waals surface area contributed by atoms with Crippen LogP contribution in [0.15, 0.2) is 29.1 Å². The summed E-state index contributed by atoms with van der Waals surface area (Å²) in [5.41, 5.74) is 2.90. The number of para-hydroxylation sites is 1. The minimum absolute atomic E-state index is 0.0537. The second-order valence-electron chi connectivity index (χ2n) is 5.64. The maximum Gasteiger partial charge on any atom is 0.231 e. The Balaban J connectivity index is 2.21. The van der Waals surface area contributed by atoms with Gasteiger partial charge in [0.05, 0.1) is 24.1 Å². The van der Waals surface area contributed by atoms with Gasteiger partial charge in [0, 0.05) is 36.2 Å². The highest BCUT2D eigenvalue weighted by Crippen LogP contribution is 2.44. The van der Waals surface area contributed by atoms with Gasteiger partial charge in [0.25, 0.3) is 0 Å². The van der Waals surface area contributed by atoms with Crippen LogP contribution in [0.2, 0.25) is 0 Å². The fourth-order valence-corrected chi connectivity index (χ4v) is 3.27. The van der Waals surface area contributed by atoms with E-state index in [4.69, 9.17) is 18.9 Å². The van der Waals surface area contributed by atoms with Gasteiger partial charge in [0.2, 0.25) is 6.79 Å². The standard InChI is InChI=1S/C18H17NO5/c1-21-7-11-12(8-22-2)17-18(24-9-23-17)15-14(11)16(20)10-5-3-4-6-13(10)19-15/h3-6H,7-9H2,1-2H3,(H,19,20). The Morgan fingerprint density at radius 2 is 1.75 bits per heavy atom. The molecule has 0 radical (unpaired) electrons. The number of ether oxygens (including phenoxy) is 4. The summed E-state index contributed by atoms with van der Waals surface area (Å²) in [5, 5.41) is 1.19. The Hall–Kier alpha value is -2.57. The molecule has 0 atom stereocenters. The minimum Gasteiger partial charge on any atom is -0.453 e. The maximum absolute atomic E-state index is 13.1. The van der Waals surface area contributed by atoms with Gasteiger partial charge in [-0.25, -0.2) is 0 Å². The van der Waals surface area contributed by atoms with Crippen molar-refractivity contribution in [1.29, 1.82) is 0 Å². The van der Waals surface area contributed by atoms with E-state index in [9.17, 15) is 4.79 Å². The van der Waals surface area contributed by atoms with Gasteiger partial charge in [-0.05, 0) is 12.1 Å². The van der Waals surface area contributed by atoms with Crippen LogP contribution in [0.4, 0.5) is 0 Å². The lowest BCUT2D eigenvalue weighted by Crippen LogP contribution is -2.11. The van der Waals surface area contributed by atoms with Crippen molar-refractivity contribution in [2.75, 3.05) is 21.0 Å². The number of pyridine rings is 1. The summed E-state index contributed by atoms with van der Waals surface area (Å²) in [4.78, 5) is 16.4. The molecule has 4 rings (SSSR count). The average molecular weight is 327 g/mol. The second-order valence-corrected chi connectivity index (χ2v) is 5.64. The Kier molecular flexibility index (Phi) is 3.63. The zero-order valence-corrected chi connectivity index (χ0v) is 13.5. The number of nitrogens with one attached hydrogen (secondary N) is 1. The maximum atomic E-state index is 13.1. The molecule has 24 heavy (non-hydrogen) atoms. The molecule has 0 bridgehead atoms. The smallest absolute Gasteiger partial charge is 0.231 e. The summed E-state index contributed by atoms with van der Waals surface area (Å²) in [5.74, 6) is 1.17. The molecule has 6 heteroatoms. The first-order valence-corrected chi connectivity index (χ1v) is 7.62. The third kappa shape index (κ3) is 2.07. The Bertz CT molecular complexity index is 992. The van der Waals surface area contributed by atoms with Crippen LogP contribution in [-0.2, 0) is 22.7 Å². The molecule has 1 aromatic heterocycles. The Morgan fingerprint density at radius 1 is 1.04 bits per heavy atom. The molecule has 0 aliphatic carbocycles. The van der Waals surface area contributed by atoms with Crippen molar-refractivity contribution in [1.82, 2.24) is 4.98 Å². The summed E-state index contributed by atoms with van der Waals surface area (Å²) in [7, 11) is 3.20. The number of hydrogen-bond acceptors (Lipinski definition) is 5. The summed E-state index contributed by atoms with van der Waals surface area (Å²) in [6.07, 6.45) is 0. The third-order valence-corrected chi connectivity index (χ3v) is 4.27. The van der Waals surface area contributed by atoms with E-state index < -0.39 is 0 Å². The Labute approximate surface area is 137 Å². The first-order valence-electron chi connectivity index (χ1n) is 7.62. The fraction of sp³-hybridized carbons (Fsp3) is 0.278. The number of benzene rings is 2. The van der Waals surface area contributed by atoms with Crippen molar-refractivity contribution >= 4 is 21.8 Å². The van der Waals surface area contributed by atoms with Crippen LogP contribution in [0.25, 0.3) is 21.8 Å². The molecule has 0 spiro atoms. The fourth-order valence-electron chi connectivity index (χ4n) is 3.27. The topological polar surface area (TPSA) is 69.8 Å². The van der Waals surface area contributed by atoms with E-state index in [1.807, 2.05) is 24.3 Å². The highest BCUT2D eigenvalue weighted by atomic mass is 16.7. The summed E-state index contributed by atoms with van der Waals surface area (Å²) in [6.45, 7) is 0.715. The van der Waals surface area contributed by atoms with Crippen molar-refractivity contribution in [3.05, 3.63) is 45.6 Å². The summed E-state index contributed by atoms with van der Waals surface area (Å²) in [6, 6.07) is 7.42. The van der Waals surface area contributed by atoms with Gasteiger partial charge >= 0.3 is 0 Å². The molecule has 3 aromatic rings. The molecule has 2 aromatic carbocycles. The third-order valence-electron chi connectivity index (χ3n) is 4.27. The molecule has 0 amide bonds. The zero-order valence-electron chi connectivity index (χ0n) is 13.5. The van der Waals surface area contributed by atoms with E-state index in [1.54, 1.807) is 14.2 Å². The highest BCUT2D eigenvalue weighted by Gasteiger charge is 2.28. The molecular formula is C18H17NO5. The first-order chi connectivity index (χ1) is 11.8. The largest absolute Gasteiger partial charge is 0.453 e. The highest BCUT2D eigenvalue weighted by molar-refractivity contribution is 5.99. The lowest BCUT2D eigenvalue weighted by Gasteiger charge is -2.15. The number of hydrogen-bond donors (Lipinski definition) is 1. The monoisotopic (exact) mass is 327 g/mol. The van der Waals surface area contributed by atoms with Gasteiger partial charge in [-0.1, -0.05) is 12.1 Å². The molecule has 124 valence electrons. The molecule has 1 N–H and O–H groups in total. The van der Waals surface area contributed by atoms with Crippen LogP contribution in [0, 0.1) is 0 Å². The predicted molar refractivity (Wildman–Crippen MR) is 89.6 cm³/mol. The van der Waals surface area contributed by atoms with E-state index in [0.29, 0.717) is 34.4 Å². The Morgan fingerprint density at radius 3 is 2.54 bits per heavy atom. The first kappa shape index (κ1) is 15.0. The van der Waals surface area contributed by atoms with Crippen molar-refractivity contribution in [3.8, 4) is 11.5 Å². The van der Waals surface area contributed by atoms with E-state index >= 15 is 0 Å². The van der Waals surface area contributed by atoms with Gasteiger partial charge < -0.3 is 23.9 Å². The molecule has 0 unspecified atom stereocenters. The molecule has 6 nitrogen and oxygen atoms in total. The van der Waals surface area contributed by atoms with E-state index in [0.717, 1.165) is 16.6 Å². The summed E-state index contributed by atoms with van der Waals surface area (Å²) >= 11 is 0. The minimum atomic E-state index is -0.0537. The van der Waals surface area contributed by atoms with Gasteiger partial charge in [-0.3, -0.25) is 4.79 Å². The number of methoxy groups -OCH3 is 2. The number of fused-ring (bicyclic) bond motifs is 4. The van der Waals surface area contributed by atoms with Crippen LogP contribution in [0.5, 0.6) is 11.5 Å². The van der Waals surface area contributed by atoms with E-state index in [1.165, 1.54) is 0 Å². The zero-order chi connectivity index (χ0) is 16.7. The molecule has 1 aliphatic rings. The van der Waals surface area contributed by atoms with Crippen LogP contribution < -0.4 is 14.9 Å². The molecule has 0 saturated carbocycles. The van der Waals surface area contributed by atoms with Crippen LogP contribution in [-0.4, -0.2) is 26.0 Å². The van der Waals surface area contributed by atoms with Crippen molar-refractivity contribution < 1.29 is 18.9 Å². The van der Waals surface area contributed by atoms with Crippen molar-refractivity contribution in [2.24, 2.45) is 0 Å². The average Bonchev–Trinajstić information content (AvgIpc) is 3.08. The molecule has 1 aliphatic heterocycles. The second kappa shape index (κ2) is 5.81. The number of H-pyrrole nitrogens is 1. The van der Waals surface area contributed by atoms with E-state index in [-0.39, 0.29) is 18.8 Å². The van der Waals surface area contributed by atoms with Gasteiger partial charge in [0.15, 0.2) is 16.9 Å². The lowest BCUT2D eigenvalue weighted by molar-refractivity contribution is 0.157. The predicted octanol–water partition coefficient (Wildman–Crippen LogP) is 2.70. The molecular weight excluding hydrogens is 310 g/mol. The van der Waals surface area contributed by atoms with Crippen LogP contribution in [0.3, 0.4) is 0 Å². The molecule has 2 heterocycles. The van der Waals surface area contributed by atoms with Gasteiger partial charge in [0.1, 0.15) is 0 Å². The number of aromatic amines is 1. The number of rotatable bonds is 4. The SMILES string of the molecule is COCc1c2c(c3[nH]c4ccccc4c(=O)c3c1COC)OCO2. The molecule has 0 fully saturated rings. The van der Waals surface area contributed by atoms with Gasteiger partial charge in [-0.2, -0.15) is 0 Å². The van der Waals surface area contributed by atoms with Crippen LogP contribution >= 0.6 is 0 Å². The summed E-state index contributed by atoms with van der Waals surface area (Å²) < 4.78 is 22.0. The number of aromatic nitrogens is 1. The van der Waals surface area contributed by atoms with Crippen LogP contribution in [0.1, 0.15) is 11.1 Å². The lowest BCUT2D eigenvalue weighted by atomic mass is 9.98. The quantitative estimate of drug-likeness (QED) is 0.746. The van der Waals surface area contributed by atoms with Crippen molar-refractivity contribution in [2.45, 2.75) is 13.2 Å². The molecule has 0 saturated heterocycles. The van der Waals surface area contributed by atoms with E-state index in [2.05, 4.69) is 4.98 Å². The normalized spacial score (nSPS) is 13.1. The van der Waals surface area contributed by atoms with Crippen molar-refractivity contribution in [3.63, 3.8) is 0 Å². The van der Waals surface area contributed by atoms with Gasteiger partial charge in [-0.15, -0.1) is 0 Å².